The van der Waals surface area contributed by atoms with Crippen molar-refractivity contribution in [2.45, 2.75) is 39.2 Å². The molecule has 0 bridgehead atoms. The number of nitrogens with zero attached hydrogens (tertiary/aromatic N) is 2. The average molecular weight is 341 g/mol. The van der Waals surface area contributed by atoms with E-state index < -0.39 is 0 Å². The van der Waals surface area contributed by atoms with Crippen LogP contribution in [0.5, 0.6) is 5.88 Å². The molecule has 2 aromatic heterocycles. The van der Waals surface area contributed by atoms with Gasteiger partial charge in [0.25, 0.3) is 5.56 Å². The number of piperidine rings is 1. The van der Waals surface area contributed by atoms with Gasteiger partial charge in [0.15, 0.2) is 0 Å². The van der Waals surface area contributed by atoms with Gasteiger partial charge in [-0.05, 0) is 63.7 Å². The number of rotatable bonds is 6. The molecule has 0 amide bonds. The molecule has 1 fully saturated rings. The van der Waals surface area contributed by atoms with E-state index in [1.165, 1.54) is 24.8 Å². The van der Waals surface area contributed by atoms with Crippen LogP contribution in [0.15, 0.2) is 35.3 Å². The Labute approximate surface area is 149 Å². The third-order valence-corrected chi connectivity index (χ3v) is 5.09. The summed E-state index contributed by atoms with van der Waals surface area (Å²) in [6.07, 6.45) is 6.24. The summed E-state index contributed by atoms with van der Waals surface area (Å²) in [7, 11) is 1.69. The van der Waals surface area contributed by atoms with Crippen molar-refractivity contribution >= 4 is 0 Å². The first kappa shape index (κ1) is 17.7. The summed E-state index contributed by atoms with van der Waals surface area (Å²) < 4.78 is 5.41. The van der Waals surface area contributed by atoms with Gasteiger partial charge in [-0.3, -0.25) is 9.69 Å². The zero-order chi connectivity index (χ0) is 17.6. The highest BCUT2D eigenvalue weighted by Gasteiger charge is 2.20. The van der Waals surface area contributed by atoms with E-state index in [-0.39, 0.29) is 5.56 Å². The molecule has 0 radical (unpaired) electrons. The SMILES string of the molecule is COc1nc(C)ccc1CCC1CCN(Cc2ccc[nH]c2=O)CC1. The lowest BCUT2D eigenvalue weighted by molar-refractivity contribution is 0.171. The van der Waals surface area contributed by atoms with Crippen molar-refractivity contribution in [3.63, 3.8) is 0 Å². The van der Waals surface area contributed by atoms with Crippen LogP contribution in [0.25, 0.3) is 0 Å². The van der Waals surface area contributed by atoms with Crippen molar-refractivity contribution in [1.29, 1.82) is 0 Å². The molecule has 0 spiro atoms. The maximum atomic E-state index is 11.8. The van der Waals surface area contributed by atoms with Gasteiger partial charge >= 0.3 is 0 Å². The molecule has 5 nitrogen and oxygen atoms in total. The predicted molar refractivity (Wildman–Crippen MR) is 98.9 cm³/mol. The molecule has 3 heterocycles. The summed E-state index contributed by atoms with van der Waals surface area (Å²) in [4.78, 5) is 21.4. The fraction of sp³-hybridized carbons (Fsp3) is 0.500. The lowest BCUT2D eigenvalue weighted by Gasteiger charge is -2.31. The fourth-order valence-electron chi connectivity index (χ4n) is 3.54. The number of pyridine rings is 2. The van der Waals surface area contributed by atoms with Crippen molar-refractivity contribution in [2.75, 3.05) is 20.2 Å². The van der Waals surface area contributed by atoms with Crippen LogP contribution in [0.4, 0.5) is 0 Å². The minimum absolute atomic E-state index is 0.0311. The topological polar surface area (TPSA) is 58.2 Å². The molecular weight excluding hydrogens is 314 g/mol. The van der Waals surface area contributed by atoms with E-state index in [2.05, 4.69) is 27.0 Å². The lowest BCUT2D eigenvalue weighted by atomic mass is 9.90. The van der Waals surface area contributed by atoms with Crippen LogP contribution >= 0.6 is 0 Å². The molecule has 0 unspecified atom stereocenters. The van der Waals surface area contributed by atoms with Crippen LogP contribution in [0.1, 0.15) is 36.1 Å². The molecule has 134 valence electrons. The summed E-state index contributed by atoms with van der Waals surface area (Å²) >= 11 is 0. The van der Waals surface area contributed by atoms with Crippen molar-refractivity contribution in [1.82, 2.24) is 14.9 Å². The van der Waals surface area contributed by atoms with E-state index in [1.54, 1.807) is 13.3 Å². The van der Waals surface area contributed by atoms with Crippen LogP contribution in [-0.4, -0.2) is 35.1 Å². The van der Waals surface area contributed by atoms with Gasteiger partial charge in [0, 0.05) is 29.6 Å². The van der Waals surface area contributed by atoms with Gasteiger partial charge in [0.2, 0.25) is 5.88 Å². The first-order valence-corrected chi connectivity index (χ1v) is 9.05. The Morgan fingerprint density at radius 1 is 1.24 bits per heavy atom. The largest absolute Gasteiger partial charge is 0.481 e. The van der Waals surface area contributed by atoms with Crippen LogP contribution in [0, 0.1) is 12.8 Å². The average Bonchev–Trinajstić information content (AvgIpc) is 2.63. The lowest BCUT2D eigenvalue weighted by Crippen LogP contribution is -2.35. The van der Waals surface area contributed by atoms with E-state index in [1.807, 2.05) is 19.1 Å². The minimum atomic E-state index is 0.0311. The van der Waals surface area contributed by atoms with Crippen molar-refractivity contribution in [3.8, 4) is 5.88 Å². The maximum Gasteiger partial charge on any atom is 0.252 e. The van der Waals surface area contributed by atoms with Gasteiger partial charge in [-0.15, -0.1) is 0 Å². The Kier molecular flexibility index (Phi) is 5.87. The molecule has 1 aliphatic rings. The number of H-pyrrole nitrogens is 1. The summed E-state index contributed by atoms with van der Waals surface area (Å²) in [6, 6.07) is 8.00. The Morgan fingerprint density at radius 2 is 2.04 bits per heavy atom. The number of hydrogen-bond donors (Lipinski definition) is 1. The highest BCUT2D eigenvalue weighted by Crippen LogP contribution is 2.25. The fourth-order valence-corrected chi connectivity index (χ4v) is 3.54. The van der Waals surface area contributed by atoms with Crippen molar-refractivity contribution < 1.29 is 4.74 Å². The summed E-state index contributed by atoms with van der Waals surface area (Å²) in [5, 5.41) is 0. The standard InChI is InChI=1S/C20H27N3O2/c1-15-5-7-17(20(22-15)25-2)8-6-16-9-12-23(13-10-16)14-18-4-3-11-21-19(18)24/h3-5,7,11,16H,6,8-10,12-14H2,1-2H3,(H,21,24). The normalized spacial score (nSPS) is 16.1. The number of nitrogens with one attached hydrogen (secondary N) is 1. The molecule has 0 saturated carbocycles. The predicted octanol–water partition coefficient (Wildman–Crippen LogP) is 2.93. The van der Waals surface area contributed by atoms with Crippen LogP contribution < -0.4 is 10.3 Å². The monoisotopic (exact) mass is 341 g/mol. The third-order valence-electron chi connectivity index (χ3n) is 5.09. The van der Waals surface area contributed by atoms with E-state index in [0.29, 0.717) is 0 Å². The zero-order valence-corrected chi connectivity index (χ0v) is 15.1. The molecule has 1 aliphatic heterocycles. The Balaban J connectivity index is 1.48. The molecule has 2 aromatic rings. The van der Waals surface area contributed by atoms with Crippen LogP contribution in [0.2, 0.25) is 0 Å². The van der Waals surface area contributed by atoms with Crippen molar-refractivity contribution in [3.05, 3.63) is 57.6 Å². The third kappa shape index (κ3) is 4.69. The molecule has 25 heavy (non-hydrogen) atoms. The Hall–Kier alpha value is -2.14. The molecule has 0 aromatic carbocycles. The number of hydrogen-bond acceptors (Lipinski definition) is 4. The zero-order valence-electron chi connectivity index (χ0n) is 15.1. The van der Waals surface area contributed by atoms with Gasteiger partial charge in [-0.25, -0.2) is 4.98 Å². The van der Waals surface area contributed by atoms with Crippen LogP contribution in [0.3, 0.4) is 0 Å². The number of likely N-dealkylation sites (tertiary alicyclic amines) is 1. The molecule has 0 atom stereocenters. The minimum Gasteiger partial charge on any atom is -0.481 e. The van der Waals surface area contributed by atoms with Gasteiger partial charge in [0.05, 0.1) is 7.11 Å². The molecule has 1 saturated heterocycles. The second kappa shape index (κ2) is 8.30. The summed E-state index contributed by atoms with van der Waals surface area (Å²) in [6.45, 7) is 4.85. The van der Waals surface area contributed by atoms with Crippen LogP contribution in [-0.2, 0) is 13.0 Å². The second-order valence-corrected chi connectivity index (χ2v) is 6.90. The van der Waals surface area contributed by atoms with Gasteiger partial charge in [0.1, 0.15) is 0 Å². The number of aryl methyl sites for hydroxylation is 2. The molecule has 3 rings (SSSR count). The Morgan fingerprint density at radius 3 is 2.76 bits per heavy atom. The highest BCUT2D eigenvalue weighted by atomic mass is 16.5. The van der Waals surface area contributed by atoms with Gasteiger partial charge in [-0.1, -0.05) is 12.1 Å². The number of aromatic nitrogens is 2. The number of ether oxygens (including phenoxy) is 1. The quantitative estimate of drug-likeness (QED) is 0.878. The first-order chi connectivity index (χ1) is 12.2. The number of methoxy groups -OCH3 is 1. The van der Waals surface area contributed by atoms with E-state index in [0.717, 1.165) is 49.1 Å². The molecule has 1 N–H and O–H groups in total. The smallest absolute Gasteiger partial charge is 0.252 e. The maximum absolute atomic E-state index is 11.8. The Bertz CT molecular complexity index is 749. The summed E-state index contributed by atoms with van der Waals surface area (Å²) in [5.74, 6) is 1.50. The first-order valence-electron chi connectivity index (χ1n) is 9.05. The van der Waals surface area contributed by atoms with E-state index in [9.17, 15) is 4.79 Å². The number of aromatic amines is 1. The van der Waals surface area contributed by atoms with Crippen molar-refractivity contribution in [2.24, 2.45) is 5.92 Å². The van der Waals surface area contributed by atoms with Gasteiger partial charge in [-0.2, -0.15) is 0 Å². The highest BCUT2D eigenvalue weighted by molar-refractivity contribution is 5.28. The molecular formula is C20H27N3O2. The van der Waals surface area contributed by atoms with E-state index >= 15 is 0 Å². The van der Waals surface area contributed by atoms with E-state index in [4.69, 9.17) is 4.74 Å². The summed E-state index contributed by atoms with van der Waals surface area (Å²) in [5.41, 5.74) is 3.08. The van der Waals surface area contributed by atoms with Gasteiger partial charge < -0.3 is 9.72 Å². The second-order valence-electron chi connectivity index (χ2n) is 6.90. The molecule has 0 aliphatic carbocycles. The molecule has 5 heteroatoms.